The van der Waals surface area contributed by atoms with Crippen LogP contribution in [0.15, 0.2) is 12.2 Å². The average molecular weight is 425 g/mol. The monoisotopic (exact) mass is 424 g/mol. The number of aliphatic hydroxyl groups excluding tert-OH is 1. The molecule has 3 rings (SSSR count). The molecule has 0 aromatic rings. The minimum atomic E-state index is -1.33. The van der Waals surface area contributed by atoms with Crippen LogP contribution in [0.25, 0.3) is 0 Å². The number of carbonyl (C=O) groups excluding carboxylic acids is 1. The molecule has 0 aromatic heterocycles. The van der Waals surface area contributed by atoms with Crippen LogP contribution in [0.2, 0.25) is 0 Å². The zero-order chi connectivity index (χ0) is 21.4. The van der Waals surface area contributed by atoms with Crippen molar-refractivity contribution in [1.29, 1.82) is 0 Å². The molecule has 0 radical (unpaired) electrons. The predicted molar refractivity (Wildman–Crippen MR) is 113 cm³/mol. The van der Waals surface area contributed by atoms with Gasteiger partial charge in [-0.05, 0) is 56.8 Å². The summed E-state index contributed by atoms with van der Waals surface area (Å²) < 4.78 is 18.1. The van der Waals surface area contributed by atoms with E-state index in [2.05, 4.69) is 19.1 Å². The molecule has 1 aliphatic heterocycles. The standard InChI is InChI=1S/C24H40O6/c1-2-3-7-13-24(28-15-16-29-24)14-12-20-19(17-22(25)26)10-11-21(20)30-23(27)18-8-5-4-6-9-18/h4-5,18-22,25-26H,2-3,6-17H2,1H3. The fraction of sp³-hybridized carbons (Fsp3) is 0.875. The van der Waals surface area contributed by atoms with Gasteiger partial charge >= 0.3 is 5.97 Å². The van der Waals surface area contributed by atoms with Gasteiger partial charge in [0.05, 0.1) is 19.1 Å². The third kappa shape index (κ3) is 6.52. The fourth-order valence-corrected chi connectivity index (χ4v) is 5.44. The van der Waals surface area contributed by atoms with Crippen molar-refractivity contribution in [1.82, 2.24) is 0 Å². The highest BCUT2D eigenvalue weighted by atomic mass is 16.7. The molecule has 4 unspecified atom stereocenters. The summed E-state index contributed by atoms with van der Waals surface area (Å²) in [7, 11) is 0. The smallest absolute Gasteiger partial charge is 0.309 e. The van der Waals surface area contributed by atoms with Gasteiger partial charge in [0.2, 0.25) is 0 Å². The Balaban J connectivity index is 1.61. The van der Waals surface area contributed by atoms with Crippen LogP contribution in [0.1, 0.15) is 84.0 Å². The van der Waals surface area contributed by atoms with Gasteiger partial charge in [0.1, 0.15) is 6.10 Å². The van der Waals surface area contributed by atoms with Gasteiger partial charge < -0.3 is 24.4 Å². The summed E-state index contributed by atoms with van der Waals surface area (Å²) in [6, 6.07) is 0. The summed E-state index contributed by atoms with van der Waals surface area (Å²) in [6.07, 6.45) is 13.1. The summed E-state index contributed by atoms with van der Waals surface area (Å²) in [5.74, 6) is -0.400. The Labute approximate surface area is 181 Å². The van der Waals surface area contributed by atoms with Crippen molar-refractivity contribution >= 4 is 5.97 Å². The van der Waals surface area contributed by atoms with Gasteiger partial charge in [-0.1, -0.05) is 31.9 Å². The van der Waals surface area contributed by atoms with E-state index in [1.54, 1.807) is 0 Å². The SMILES string of the molecule is CCCCCC1(CCC2C(CC(O)O)CCC2OC(=O)C2CC=CCC2)OCCO1. The Morgan fingerprint density at radius 1 is 1.13 bits per heavy atom. The maximum absolute atomic E-state index is 12.7. The maximum Gasteiger partial charge on any atom is 0.309 e. The number of hydrogen-bond donors (Lipinski definition) is 2. The zero-order valence-corrected chi connectivity index (χ0v) is 18.5. The van der Waals surface area contributed by atoms with Crippen molar-refractivity contribution in [3.8, 4) is 0 Å². The van der Waals surface area contributed by atoms with E-state index in [9.17, 15) is 15.0 Å². The van der Waals surface area contributed by atoms with Gasteiger partial charge in [-0.2, -0.15) is 0 Å². The average Bonchev–Trinajstić information content (AvgIpc) is 3.35. The van der Waals surface area contributed by atoms with Crippen LogP contribution in [0, 0.1) is 17.8 Å². The first-order chi connectivity index (χ1) is 14.5. The van der Waals surface area contributed by atoms with E-state index < -0.39 is 12.1 Å². The highest BCUT2D eigenvalue weighted by Crippen LogP contribution is 2.43. The minimum absolute atomic E-state index is 0.0417. The lowest BCUT2D eigenvalue weighted by molar-refractivity contribution is -0.174. The molecule has 2 aliphatic carbocycles. The number of aliphatic hydroxyl groups is 2. The second kappa shape index (κ2) is 11.6. The van der Waals surface area contributed by atoms with Crippen molar-refractivity contribution in [3.63, 3.8) is 0 Å². The Kier molecular flexibility index (Phi) is 9.17. The van der Waals surface area contributed by atoms with Crippen LogP contribution in [0.5, 0.6) is 0 Å². The van der Waals surface area contributed by atoms with E-state index in [0.717, 1.165) is 70.6 Å². The normalized spacial score (nSPS) is 30.8. The van der Waals surface area contributed by atoms with Gasteiger partial charge in [-0.25, -0.2) is 0 Å². The predicted octanol–water partition coefficient (Wildman–Crippen LogP) is 4.09. The summed E-state index contributed by atoms with van der Waals surface area (Å²) >= 11 is 0. The molecular weight excluding hydrogens is 384 g/mol. The van der Waals surface area contributed by atoms with Crippen LogP contribution in [-0.4, -0.2) is 47.6 Å². The molecular formula is C24H40O6. The number of hydrogen-bond acceptors (Lipinski definition) is 6. The molecule has 6 nitrogen and oxygen atoms in total. The van der Waals surface area contributed by atoms with Gasteiger partial charge in [0, 0.05) is 19.3 Å². The Morgan fingerprint density at radius 2 is 1.93 bits per heavy atom. The molecule has 2 N–H and O–H groups in total. The number of carbonyl (C=O) groups is 1. The number of rotatable bonds is 11. The Morgan fingerprint density at radius 3 is 2.60 bits per heavy atom. The van der Waals surface area contributed by atoms with Crippen LogP contribution >= 0.6 is 0 Å². The fourth-order valence-electron chi connectivity index (χ4n) is 5.44. The first-order valence-electron chi connectivity index (χ1n) is 12.0. The first-order valence-corrected chi connectivity index (χ1v) is 12.0. The van der Waals surface area contributed by atoms with Crippen molar-refractivity contribution in [2.45, 2.75) is 102 Å². The maximum atomic E-state index is 12.7. The van der Waals surface area contributed by atoms with Crippen LogP contribution in [0.3, 0.4) is 0 Å². The number of esters is 1. The second-order valence-corrected chi connectivity index (χ2v) is 9.28. The molecule has 30 heavy (non-hydrogen) atoms. The van der Waals surface area contributed by atoms with E-state index in [1.165, 1.54) is 0 Å². The van der Waals surface area contributed by atoms with Gasteiger partial charge in [0.25, 0.3) is 0 Å². The number of ether oxygens (including phenoxy) is 3. The lowest BCUT2D eigenvalue weighted by atomic mass is 9.85. The quantitative estimate of drug-likeness (QED) is 0.225. The molecule has 1 heterocycles. The first kappa shape index (κ1) is 23.7. The summed E-state index contributed by atoms with van der Waals surface area (Å²) in [5.41, 5.74) is 0. The largest absolute Gasteiger partial charge is 0.462 e. The third-order valence-electron chi connectivity index (χ3n) is 7.12. The van der Waals surface area contributed by atoms with Crippen LogP contribution in [0.4, 0.5) is 0 Å². The van der Waals surface area contributed by atoms with Gasteiger partial charge in [-0.3, -0.25) is 4.79 Å². The molecule has 0 bridgehead atoms. The second-order valence-electron chi connectivity index (χ2n) is 9.28. The van der Waals surface area contributed by atoms with E-state index in [4.69, 9.17) is 14.2 Å². The molecule has 2 fully saturated rings. The van der Waals surface area contributed by atoms with Crippen LogP contribution in [-0.2, 0) is 19.0 Å². The topological polar surface area (TPSA) is 85.2 Å². The molecule has 172 valence electrons. The molecule has 0 amide bonds. The van der Waals surface area contributed by atoms with E-state index in [1.807, 2.05) is 0 Å². The van der Waals surface area contributed by atoms with E-state index >= 15 is 0 Å². The van der Waals surface area contributed by atoms with Crippen molar-refractivity contribution < 1.29 is 29.2 Å². The summed E-state index contributed by atoms with van der Waals surface area (Å²) in [4.78, 5) is 12.7. The Hall–Kier alpha value is -0.950. The Bertz CT molecular complexity index is 554. The highest BCUT2D eigenvalue weighted by Gasteiger charge is 2.43. The molecule has 4 atom stereocenters. The third-order valence-corrected chi connectivity index (χ3v) is 7.12. The summed E-state index contributed by atoms with van der Waals surface area (Å²) in [6.45, 7) is 3.44. The molecule has 6 heteroatoms. The van der Waals surface area contributed by atoms with Crippen molar-refractivity contribution in [2.75, 3.05) is 13.2 Å². The molecule has 1 saturated carbocycles. The van der Waals surface area contributed by atoms with Crippen molar-refractivity contribution in [2.24, 2.45) is 17.8 Å². The van der Waals surface area contributed by atoms with E-state index in [-0.39, 0.29) is 29.8 Å². The summed E-state index contributed by atoms with van der Waals surface area (Å²) in [5, 5.41) is 19.1. The number of allylic oxidation sites excluding steroid dienone is 2. The lowest BCUT2D eigenvalue weighted by Gasteiger charge is -2.32. The van der Waals surface area contributed by atoms with Gasteiger partial charge in [-0.15, -0.1) is 0 Å². The molecule has 3 aliphatic rings. The van der Waals surface area contributed by atoms with Crippen molar-refractivity contribution in [3.05, 3.63) is 12.2 Å². The lowest BCUT2D eigenvalue weighted by Crippen LogP contribution is -2.34. The highest BCUT2D eigenvalue weighted by molar-refractivity contribution is 5.73. The minimum Gasteiger partial charge on any atom is -0.462 e. The molecule has 0 spiro atoms. The van der Waals surface area contributed by atoms with Gasteiger partial charge in [0.15, 0.2) is 12.1 Å². The number of unbranched alkanes of at least 4 members (excludes halogenated alkanes) is 2. The van der Waals surface area contributed by atoms with E-state index in [0.29, 0.717) is 19.6 Å². The molecule has 1 saturated heterocycles. The zero-order valence-electron chi connectivity index (χ0n) is 18.5. The molecule has 0 aromatic carbocycles. The van der Waals surface area contributed by atoms with Crippen LogP contribution < -0.4 is 0 Å².